The molecule has 13 heteroatoms. The van der Waals surface area contributed by atoms with Gasteiger partial charge in [0, 0.05) is 18.0 Å². The van der Waals surface area contributed by atoms with Gasteiger partial charge in [0.05, 0.1) is 18.3 Å². The standard InChI is InChI=1S/C26H34N4O7S2/c1-7-30(15-10-11-15)39(34,35)25-20(31)16(13-38-25)27-19-18(24(33)36-8-2)23(32)29-22(19)28-21(26(4,5)6)17-12-9-14(3)37-17/h9,12-13,15,21,31H,7-8,10-11H2,1-6H3,(H2,27,28,29,32)/t21-/m0/s1. The summed E-state index contributed by atoms with van der Waals surface area (Å²) in [7, 11) is -3.94. The first-order valence-corrected chi connectivity index (χ1v) is 15.1. The van der Waals surface area contributed by atoms with E-state index in [0.29, 0.717) is 11.5 Å². The molecule has 1 saturated carbocycles. The van der Waals surface area contributed by atoms with Gasteiger partial charge in [0.2, 0.25) is 0 Å². The summed E-state index contributed by atoms with van der Waals surface area (Å²) >= 11 is 0.854. The SMILES string of the molecule is CCOC(=O)C1=C(Nc2csc(S(=O)(=O)N(CC)C3CC3)c2O)C(N[C@@H](c2ccc(C)o2)C(C)(C)C)=NC1=O. The molecule has 0 unspecified atom stereocenters. The number of nitrogens with one attached hydrogen (secondary N) is 2. The average molecular weight is 579 g/mol. The van der Waals surface area contributed by atoms with E-state index in [-0.39, 0.29) is 46.2 Å². The molecule has 1 fully saturated rings. The van der Waals surface area contributed by atoms with Crippen LogP contribution in [0.2, 0.25) is 0 Å². The van der Waals surface area contributed by atoms with E-state index in [1.165, 1.54) is 9.69 Å². The monoisotopic (exact) mass is 578 g/mol. The minimum absolute atomic E-state index is 0.0209. The van der Waals surface area contributed by atoms with E-state index in [4.69, 9.17) is 9.15 Å². The van der Waals surface area contributed by atoms with Gasteiger partial charge in [-0.25, -0.2) is 13.2 Å². The normalized spacial score (nSPS) is 17.0. The lowest BCUT2D eigenvalue weighted by Crippen LogP contribution is -2.38. The predicted molar refractivity (Wildman–Crippen MR) is 147 cm³/mol. The Balaban J connectivity index is 1.73. The third-order valence-corrected chi connectivity index (χ3v) is 9.90. The molecule has 3 N–H and O–H groups in total. The van der Waals surface area contributed by atoms with Crippen molar-refractivity contribution in [2.45, 2.75) is 70.7 Å². The molecule has 1 atom stereocenters. The fraction of sp³-hybridized carbons (Fsp3) is 0.500. The highest BCUT2D eigenvalue weighted by atomic mass is 32.2. The number of hydrogen-bond acceptors (Lipinski definition) is 10. The van der Waals surface area contributed by atoms with Gasteiger partial charge < -0.3 is 24.9 Å². The fourth-order valence-corrected chi connectivity index (χ4v) is 7.40. The Morgan fingerprint density at radius 1 is 1.31 bits per heavy atom. The highest BCUT2D eigenvalue weighted by Crippen LogP contribution is 2.43. The highest BCUT2D eigenvalue weighted by Gasteiger charge is 2.41. The Bertz CT molecular complexity index is 1440. The molecule has 0 saturated heterocycles. The number of esters is 1. The summed E-state index contributed by atoms with van der Waals surface area (Å²) in [5.41, 5.74) is -0.771. The van der Waals surface area contributed by atoms with E-state index in [2.05, 4.69) is 15.6 Å². The van der Waals surface area contributed by atoms with Gasteiger partial charge in [-0.05, 0) is 44.2 Å². The van der Waals surface area contributed by atoms with Crippen molar-refractivity contribution >= 4 is 44.8 Å². The van der Waals surface area contributed by atoms with Gasteiger partial charge in [0.1, 0.15) is 17.2 Å². The van der Waals surface area contributed by atoms with Crippen LogP contribution in [0.3, 0.4) is 0 Å². The summed E-state index contributed by atoms with van der Waals surface area (Å²) in [6.45, 7) is 11.4. The Morgan fingerprint density at radius 2 is 2.00 bits per heavy atom. The number of ether oxygens (including phenoxy) is 1. The first kappa shape index (κ1) is 28.8. The molecule has 0 radical (unpaired) electrons. The van der Waals surface area contributed by atoms with Crippen LogP contribution in [0.1, 0.15) is 65.0 Å². The second kappa shape index (κ2) is 10.8. The van der Waals surface area contributed by atoms with Gasteiger partial charge in [-0.3, -0.25) is 4.79 Å². The lowest BCUT2D eigenvalue weighted by molar-refractivity contribution is -0.139. The molecule has 2 aromatic rings. The number of aryl methyl sites for hydroxylation is 1. The molecule has 2 aliphatic rings. The zero-order chi connectivity index (χ0) is 28.7. The van der Waals surface area contributed by atoms with Crippen LogP contribution in [-0.2, 0) is 24.3 Å². The van der Waals surface area contributed by atoms with Crippen LogP contribution in [0.5, 0.6) is 5.75 Å². The number of anilines is 1. The Hall–Kier alpha value is -3.16. The van der Waals surface area contributed by atoms with E-state index in [1.807, 2.05) is 39.8 Å². The van der Waals surface area contributed by atoms with Gasteiger partial charge in [0.25, 0.3) is 15.9 Å². The molecule has 1 aliphatic carbocycles. The molecular formula is C26H34N4O7S2. The predicted octanol–water partition coefficient (Wildman–Crippen LogP) is 4.07. The van der Waals surface area contributed by atoms with Crippen molar-refractivity contribution in [3.8, 4) is 5.75 Å². The summed E-state index contributed by atoms with van der Waals surface area (Å²) < 4.78 is 38.6. The number of carbonyl (C=O) groups is 2. The van der Waals surface area contributed by atoms with Gasteiger partial charge in [-0.1, -0.05) is 27.7 Å². The van der Waals surface area contributed by atoms with Gasteiger partial charge in [-0.2, -0.15) is 9.30 Å². The maximum Gasteiger partial charge on any atom is 0.346 e. The summed E-state index contributed by atoms with van der Waals surface area (Å²) in [6, 6.07) is 3.11. The van der Waals surface area contributed by atoms with Gasteiger partial charge in [0.15, 0.2) is 21.4 Å². The van der Waals surface area contributed by atoms with Crippen molar-refractivity contribution in [2.24, 2.45) is 10.4 Å². The van der Waals surface area contributed by atoms with Crippen LogP contribution in [0, 0.1) is 12.3 Å². The number of aliphatic imine (C=N–C) groups is 1. The minimum atomic E-state index is -3.94. The smallest absolute Gasteiger partial charge is 0.346 e. The molecule has 0 aromatic carbocycles. The number of hydrogen-bond donors (Lipinski definition) is 3. The van der Waals surface area contributed by atoms with E-state index in [1.54, 1.807) is 13.8 Å². The molecule has 0 spiro atoms. The maximum absolute atomic E-state index is 13.3. The number of sulfonamides is 1. The van der Waals surface area contributed by atoms with E-state index in [9.17, 15) is 23.1 Å². The number of amides is 1. The molecule has 11 nitrogen and oxygen atoms in total. The molecule has 39 heavy (non-hydrogen) atoms. The molecule has 1 amide bonds. The minimum Gasteiger partial charge on any atom is -0.504 e. The van der Waals surface area contributed by atoms with Crippen molar-refractivity contribution < 1.29 is 32.3 Å². The quantitative estimate of drug-likeness (QED) is 0.280. The first-order chi connectivity index (χ1) is 18.3. The van der Waals surface area contributed by atoms with Crippen LogP contribution in [0.4, 0.5) is 5.69 Å². The van der Waals surface area contributed by atoms with Gasteiger partial charge in [-0.15, -0.1) is 11.3 Å². The Labute approximate surface area is 232 Å². The molecule has 0 bridgehead atoms. The zero-order valence-corrected chi connectivity index (χ0v) is 24.5. The molecule has 4 rings (SSSR count). The van der Waals surface area contributed by atoms with Crippen molar-refractivity contribution in [1.29, 1.82) is 0 Å². The van der Waals surface area contributed by atoms with Crippen molar-refractivity contribution in [3.05, 3.63) is 40.3 Å². The molecule has 3 heterocycles. The largest absolute Gasteiger partial charge is 0.504 e. The third-order valence-electron chi connectivity index (χ3n) is 6.39. The van der Waals surface area contributed by atoms with Gasteiger partial charge >= 0.3 is 5.97 Å². The second-order valence-corrected chi connectivity index (χ2v) is 13.4. The van der Waals surface area contributed by atoms with E-state index < -0.39 is 39.1 Å². The number of carbonyl (C=O) groups excluding carboxylic acids is 2. The van der Waals surface area contributed by atoms with Crippen LogP contribution >= 0.6 is 11.3 Å². The summed E-state index contributed by atoms with van der Waals surface area (Å²) in [5.74, 6) is -0.862. The van der Waals surface area contributed by atoms with Crippen LogP contribution < -0.4 is 10.6 Å². The number of nitrogens with zero attached hydrogens (tertiary/aromatic N) is 2. The Morgan fingerprint density at radius 3 is 2.54 bits per heavy atom. The zero-order valence-electron chi connectivity index (χ0n) is 22.8. The summed E-state index contributed by atoms with van der Waals surface area (Å²) in [4.78, 5) is 29.8. The lowest BCUT2D eigenvalue weighted by atomic mass is 9.85. The highest BCUT2D eigenvalue weighted by molar-refractivity contribution is 7.91. The van der Waals surface area contributed by atoms with Crippen LogP contribution in [0.15, 0.2) is 42.4 Å². The average Bonchev–Trinajstić information content (AvgIpc) is 3.33. The number of aromatic hydroxyl groups is 1. The maximum atomic E-state index is 13.3. The second-order valence-electron chi connectivity index (χ2n) is 10.5. The molecule has 2 aromatic heterocycles. The van der Waals surface area contributed by atoms with Crippen molar-refractivity contribution in [1.82, 2.24) is 9.62 Å². The fourth-order valence-electron chi connectivity index (χ4n) is 4.35. The van der Waals surface area contributed by atoms with Crippen molar-refractivity contribution in [3.63, 3.8) is 0 Å². The lowest BCUT2D eigenvalue weighted by Gasteiger charge is -2.31. The van der Waals surface area contributed by atoms with E-state index >= 15 is 0 Å². The van der Waals surface area contributed by atoms with E-state index in [0.717, 1.165) is 24.2 Å². The Kier molecular flexibility index (Phi) is 7.97. The first-order valence-electron chi connectivity index (χ1n) is 12.8. The number of rotatable bonds is 10. The topological polar surface area (TPSA) is 151 Å². The summed E-state index contributed by atoms with van der Waals surface area (Å²) in [6.07, 6.45) is 1.55. The summed E-state index contributed by atoms with van der Waals surface area (Å²) in [5, 5.41) is 18.5. The third kappa shape index (κ3) is 5.75. The molecular weight excluding hydrogens is 544 g/mol. The molecule has 1 aliphatic heterocycles. The number of amidine groups is 1. The van der Waals surface area contributed by atoms with Crippen molar-refractivity contribution in [2.75, 3.05) is 18.5 Å². The number of thiophene rings is 1. The molecule has 212 valence electrons. The van der Waals surface area contributed by atoms with Crippen LogP contribution in [-0.4, -0.2) is 54.7 Å². The number of furan rings is 1. The van der Waals surface area contributed by atoms with Crippen LogP contribution in [0.25, 0.3) is 0 Å².